The Hall–Kier alpha value is -3.96. The summed E-state index contributed by atoms with van der Waals surface area (Å²) in [4.78, 5) is 53.2. The number of aryl methyl sites for hydroxylation is 1. The molecule has 0 saturated carbocycles. The number of carbonyl (C=O) groups is 4. The summed E-state index contributed by atoms with van der Waals surface area (Å²) >= 11 is 0. The molecule has 214 valence electrons. The summed E-state index contributed by atoms with van der Waals surface area (Å²) in [5, 5.41) is 17.7. The summed E-state index contributed by atoms with van der Waals surface area (Å²) in [5.74, 6) is -2.20. The summed E-state index contributed by atoms with van der Waals surface area (Å²) < 4.78 is 5.35. The van der Waals surface area contributed by atoms with Crippen molar-refractivity contribution in [3.63, 3.8) is 0 Å². The number of nitrogens with one attached hydrogen (secondary N) is 3. The monoisotopic (exact) mass is 551 g/mol. The number of ether oxygens (including phenoxy) is 1. The van der Waals surface area contributed by atoms with Crippen molar-refractivity contribution in [2.24, 2.45) is 5.73 Å². The number of benzene rings is 2. The summed E-state index contributed by atoms with van der Waals surface area (Å²) in [6, 6.07) is 11.6. The Kier molecular flexibility index (Phi) is 9.73. The molecule has 11 heteroatoms. The minimum absolute atomic E-state index is 0.0742. The molecule has 2 aromatic rings. The molecule has 0 bridgehead atoms. The van der Waals surface area contributed by atoms with Gasteiger partial charge in [0.05, 0.1) is 0 Å². The van der Waals surface area contributed by atoms with Gasteiger partial charge in [0, 0.05) is 25.9 Å². The van der Waals surface area contributed by atoms with Gasteiger partial charge in [-0.1, -0.05) is 42.0 Å². The van der Waals surface area contributed by atoms with E-state index in [1.54, 1.807) is 12.1 Å². The van der Waals surface area contributed by atoms with Crippen molar-refractivity contribution >= 4 is 23.6 Å². The Morgan fingerprint density at radius 3 is 2.10 bits per heavy atom. The SMILES string of the molecule is Cc1ccc(C[C@H](NC(=O)[C@H]2OC2C(=O)NCCN2CCCC2)C(=O)N[C@@H](Cc2ccc(O)cc2)C(N)=O)cc1. The topological polar surface area (TPSA) is 166 Å². The van der Waals surface area contributed by atoms with Crippen LogP contribution in [-0.2, 0) is 36.8 Å². The summed E-state index contributed by atoms with van der Waals surface area (Å²) in [5.41, 5.74) is 8.09. The van der Waals surface area contributed by atoms with Crippen LogP contribution in [0.3, 0.4) is 0 Å². The van der Waals surface area contributed by atoms with Crippen LogP contribution < -0.4 is 21.7 Å². The molecule has 4 atom stereocenters. The third kappa shape index (κ3) is 8.27. The molecule has 0 aliphatic carbocycles. The van der Waals surface area contributed by atoms with Gasteiger partial charge in [-0.15, -0.1) is 0 Å². The fourth-order valence-electron chi connectivity index (χ4n) is 4.74. The number of phenols is 1. The lowest BCUT2D eigenvalue weighted by molar-refractivity contribution is -0.131. The van der Waals surface area contributed by atoms with Crippen LogP contribution in [0.1, 0.15) is 29.5 Å². The lowest BCUT2D eigenvalue weighted by Gasteiger charge is -2.22. The van der Waals surface area contributed by atoms with Crippen molar-refractivity contribution in [2.45, 2.75) is 56.9 Å². The first-order valence-electron chi connectivity index (χ1n) is 13.6. The fourth-order valence-corrected chi connectivity index (χ4v) is 4.74. The molecule has 11 nitrogen and oxygen atoms in total. The number of hydrogen-bond acceptors (Lipinski definition) is 7. The van der Waals surface area contributed by atoms with E-state index in [9.17, 15) is 24.3 Å². The van der Waals surface area contributed by atoms with Gasteiger partial charge in [-0.3, -0.25) is 19.2 Å². The van der Waals surface area contributed by atoms with E-state index in [0.29, 0.717) is 12.1 Å². The molecule has 0 spiro atoms. The van der Waals surface area contributed by atoms with Crippen LogP contribution in [0.15, 0.2) is 48.5 Å². The van der Waals surface area contributed by atoms with Gasteiger partial charge in [0.1, 0.15) is 17.8 Å². The molecule has 2 heterocycles. The third-order valence-electron chi connectivity index (χ3n) is 7.16. The van der Waals surface area contributed by atoms with Crippen LogP contribution in [0, 0.1) is 6.92 Å². The van der Waals surface area contributed by atoms with E-state index >= 15 is 0 Å². The first-order valence-corrected chi connectivity index (χ1v) is 13.6. The zero-order valence-corrected chi connectivity index (χ0v) is 22.6. The van der Waals surface area contributed by atoms with Crippen molar-refractivity contribution in [3.05, 3.63) is 65.2 Å². The minimum atomic E-state index is -1.04. The number of phenolic OH excluding ortho intramolecular Hbond substituents is 1. The summed E-state index contributed by atoms with van der Waals surface area (Å²) in [7, 11) is 0. The predicted molar refractivity (Wildman–Crippen MR) is 147 cm³/mol. The molecule has 2 aromatic carbocycles. The number of carbonyl (C=O) groups excluding carboxylic acids is 4. The van der Waals surface area contributed by atoms with Gasteiger partial charge >= 0.3 is 0 Å². The second kappa shape index (κ2) is 13.4. The van der Waals surface area contributed by atoms with Crippen LogP contribution in [0.5, 0.6) is 5.75 Å². The van der Waals surface area contributed by atoms with Crippen molar-refractivity contribution in [3.8, 4) is 5.75 Å². The second-order valence-electron chi connectivity index (χ2n) is 10.4. The van der Waals surface area contributed by atoms with E-state index in [2.05, 4.69) is 20.9 Å². The summed E-state index contributed by atoms with van der Waals surface area (Å²) in [6.45, 7) is 5.21. The van der Waals surface area contributed by atoms with Crippen LogP contribution in [0.4, 0.5) is 0 Å². The van der Waals surface area contributed by atoms with E-state index in [-0.39, 0.29) is 24.5 Å². The van der Waals surface area contributed by atoms with Crippen LogP contribution in [0.25, 0.3) is 0 Å². The van der Waals surface area contributed by atoms with Crippen LogP contribution in [-0.4, -0.2) is 84.1 Å². The number of likely N-dealkylation sites (tertiary alicyclic amines) is 1. The van der Waals surface area contributed by atoms with Gasteiger partial charge in [-0.2, -0.15) is 0 Å². The highest BCUT2D eigenvalue weighted by Gasteiger charge is 2.51. The number of rotatable bonds is 13. The van der Waals surface area contributed by atoms with Gasteiger partial charge in [0.25, 0.3) is 11.8 Å². The number of primary amides is 1. The molecule has 2 fully saturated rings. The Bertz CT molecular complexity index is 1200. The molecule has 2 aliphatic rings. The number of nitrogens with zero attached hydrogens (tertiary/aromatic N) is 1. The largest absolute Gasteiger partial charge is 0.508 e. The fraction of sp³-hybridized carbons (Fsp3) is 0.448. The molecular formula is C29H37N5O6. The molecule has 40 heavy (non-hydrogen) atoms. The van der Waals surface area contributed by atoms with Crippen molar-refractivity contribution in [1.29, 1.82) is 0 Å². The molecule has 2 saturated heterocycles. The zero-order chi connectivity index (χ0) is 28.6. The first-order chi connectivity index (χ1) is 19.2. The maximum Gasteiger partial charge on any atom is 0.253 e. The van der Waals surface area contributed by atoms with Gasteiger partial charge < -0.3 is 36.4 Å². The van der Waals surface area contributed by atoms with Crippen LogP contribution >= 0.6 is 0 Å². The van der Waals surface area contributed by atoms with Crippen LogP contribution in [0.2, 0.25) is 0 Å². The Morgan fingerprint density at radius 1 is 0.900 bits per heavy atom. The number of amides is 4. The Labute approximate surface area is 233 Å². The van der Waals surface area contributed by atoms with E-state index < -0.39 is 42.0 Å². The normalized spacial score (nSPS) is 19.8. The molecule has 6 N–H and O–H groups in total. The van der Waals surface area contributed by atoms with E-state index in [4.69, 9.17) is 10.5 Å². The van der Waals surface area contributed by atoms with E-state index in [1.807, 2.05) is 31.2 Å². The first kappa shape index (κ1) is 29.0. The Balaban J connectivity index is 1.37. The standard InChI is InChI=1S/C29H37N5O6/c1-18-4-6-19(7-5-18)17-23(27(37)32-22(26(30)36)16-20-8-10-21(35)11-9-20)33-29(39)25-24(40-25)28(38)31-12-15-34-13-2-3-14-34/h4-11,22-25,35H,2-3,12-17H2,1H3,(H2,30,36)(H,31,38)(H,32,37)(H,33,39)/t22-,23-,24?,25-/m0/s1. The highest BCUT2D eigenvalue weighted by atomic mass is 16.6. The highest BCUT2D eigenvalue weighted by Crippen LogP contribution is 2.23. The second-order valence-corrected chi connectivity index (χ2v) is 10.4. The average Bonchev–Trinajstić information content (AvgIpc) is 3.58. The lowest BCUT2D eigenvalue weighted by atomic mass is 10.0. The quantitative estimate of drug-likeness (QED) is 0.217. The Morgan fingerprint density at radius 2 is 1.48 bits per heavy atom. The highest BCUT2D eigenvalue weighted by molar-refractivity contribution is 5.97. The zero-order valence-electron chi connectivity index (χ0n) is 22.6. The minimum Gasteiger partial charge on any atom is -0.508 e. The molecule has 4 amide bonds. The molecular weight excluding hydrogens is 514 g/mol. The molecule has 0 aromatic heterocycles. The van der Waals surface area contributed by atoms with Gasteiger partial charge in [-0.05, 0) is 56.1 Å². The lowest BCUT2D eigenvalue weighted by Crippen LogP contribution is -2.55. The number of nitrogens with two attached hydrogens (primary N) is 1. The van der Waals surface area contributed by atoms with Gasteiger partial charge in [-0.25, -0.2) is 0 Å². The number of hydrogen-bond donors (Lipinski definition) is 5. The molecule has 2 aliphatic heterocycles. The van der Waals surface area contributed by atoms with Gasteiger partial charge in [0.2, 0.25) is 11.8 Å². The van der Waals surface area contributed by atoms with Crippen molar-refractivity contribution < 1.29 is 29.0 Å². The van der Waals surface area contributed by atoms with Crippen molar-refractivity contribution in [1.82, 2.24) is 20.9 Å². The maximum absolute atomic E-state index is 13.3. The van der Waals surface area contributed by atoms with E-state index in [1.165, 1.54) is 12.1 Å². The molecule has 1 unspecified atom stereocenters. The summed E-state index contributed by atoms with van der Waals surface area (Å²) in [6.07, 6.45) is 0.686. The predicted octanol–water partition coefficient (Wildman–Crippen LogP) is -0.0799. The third-order valence-corrected chi connectivity index (χ3v) is 7.16. The van der Waals surface area contributed by atoms with E-state index in [0.717, 1.165) is 43.6 Å². The number of epoxide rings is 1. The number of aromatic hydroxyl groups is 1. The van der Waals surface area contributed by atoms with Crippen molar-refractivity contribution in [2.75, 3.05) is 26.2 Å². The smallest absolute Gasteiger partial charge is 0.253 e. The molecule has 4 rings (SSSR count). The van der Waals surface area contributed by atoms with Gasteiger partial charge in [0.15, 0.2) is 12.2 Å². The maximum atomic E-state index is 13.3. The average molecular weight is 552 g/mol. The molecule has 0 radical (unpaired) electrons.